The van der Waals surface area contributed by atoms with Crippen molar-refractivity contribution in [1.82, 2.24) is 0 Å². The standard InChI is InChI=1S/C14H8Br2F4O2/c15-9-3-7(17)5-11(19)13(9)21-1-2-22-14-10(16)4-8(18)6-12(14)20/h3-6H,1-2H2. The Kier molecular flexibility index (Phi) is 5.69. The molecule has 0 aliphatic rings. The molecule has 0 aliphatic heterocycles. The van der Waals surface area contributed by atoms with Gasteiger partial charge in [-0.3, -0.25) is 0 Å². The van der Waals surface area contributed by atoms with E-state index < -0.39 is 23.3 Å². The maximum absolute atomic E-state index is 13.5. The van der Waals surface area contributed by atoms with Gasteiger partial charge in [-0.1, -0.05) is 0 Å². The fourth-order valence-electron chi connectivity index (χ4n) is 1.62. The summed E-state index contributed by atoms with van der Waals surface area (Å²) in [6.07, 6.45) is 0. The molecule has 2 aromatic rings. The highest BCUT2D eigenvalue weighted by Crippen LogP contribution is 2.30. The Bertz CT molecular complexity index is 589. The summed E-state index contributed by atoms with van der Waals surface area (Å²) in [5.41, 5.74) is 0. The van der Waals surface area contributed by atoms with Crippen molar-refractivity contribution in [3.05, 3.63) is 56.5 Å². The summed E-state index contributed by atoms with van der Waals surface area (Å²) in [7, 11) is 0. The quantitative estimate of drug-likeness (QED) is 0.465. The molecule has 118 valence electrons. The van der Waals surface area contributed by atoms with E-state index in [0.29, 0.717) is 12.1 Å². The molecule has 8 heteroatoms. The third kappa shape index (κ3) is 4.13. The van der Waals surface area contributed by atoms with Gasteiger partial charge in [0.25, 0.3) is 0 Å². The molecule has 0 heterocycles. The van der Waals surface area contributed by atoms with Gasteiger partial charge in [-0.25, -0.2) is 17.6 Å². The molecule has 2 aromatic carbocycles. The zero-order chi connectivity index (χ0) is 16.3. The average molecular weight is 444 g/mol. The maximum atomic E-state index is 13.5. The molecule has 0 N–H and O–H groups in total. The van der Waals surface area contributed by atoms with Crippen molar-refractivity contribution < 1.29 is 27.0 Å². The van der Waals surface area contributed by atoms with E-state index in [9.17, 15) is 17.6 Å². The van der Waals surface area contributed by atoms with Crippen LogP contribution in [0.25, 0.3) is 0 Å². The Balaban J connectivity index is 1.96. The van der Waals surface area contributed by atoms with Crippen LogP contribution in [0.3, 0.4) is 0 Å². The Morgan fingerprint density at radius 2 is 1.05 bits per heavy atom. The smallest absolute Gasteiger partial charge is 0.169 e. The van der Waals surface area contributed by atoms with E-state index in [4.69, 9.17) is 9.47 Å². The highest BCUT2D eigenvalue weighted by atomic mass is 79.9. The van der Waals surface area contributed by atoms with Crippen molar-refractivity contribution >= 4 is 31.9 Å². The minimum Gasteiger partial charge on any atom is -0.486 e. The van der Waals surface area contributed by atoms with E-state index in [-0.39, 0.29) is 33.7 Å². The topological polar surface area (TPSA) is 18.5 Å². The maximum Gasteiger partial charge on any atom is 0.169 e. The summed E-state index contributed by atoms with van der Waals surface area (Å²) < 4.78 is 63.3. The Hall–Kier alpha value is -1.28. The number of halogens is 6. The van der Waals surface area contributed by atoms with Gasteiger partial charge >= 0.3 is 0 Å². The predicted octanol–water partition coefficient (Wildman–Crippen LogP) is 5.23. The molecule has 22 heavy (non-hydrogen) atoms. The van der Waals surface area contributed by atoms with Crippen LogP contribution in [-0.2, 0) is 0 Å². The molecule has 0 bridgehead atoms. The lowest BCUT2D eigenvalue weighted by Gasteiger charge is -2.12. The van der Waals surface area contributed by atoms with Crippen molar-refractivity contribution in [3.8, 4) is 11.5 Å². The first-order valence-electron chi connectivity index (χ1n) is 5.93. The molecule has 0 aromatic heterocycles. The Labute approximate surface area is 140 Å². The van der Waals surface area contributed by atoms with Crippen LogP contribution in [0, 0.1) is 23.3 Å². The van der Waals surface area contributed by atoms with E-state index in [0.717, 1.165) is 12.1 Å². The Morgan fingerprint density at radius 1 is 0.682 bits per heavy atom. The van der Waals surface area contributed by atoms with E-state index in [1.165, 1.54) is 0 Å². The number of hydrogen-bond donors (Lipinski definition) is 0. The average Bonchev–Trinajstić information content (AvgIpc) is 2.38. The van der Waals surface area contributed by atoms with Crippen molar-refractivity contribution in [3.63, 3.8) is 0 Å². The van der Waals surface area contributed by atoms with Crippen LogP contribution < -0.4 is 9.47 Å². The van der Waals surface area contributed by atoms with Crippen LogP contribution in [0.2, 0.25) is 0 Å². The number of rotatable bonds is 5. The lowest BCUT2D eigenvalue weighted by molar-refractivity contribution is 0.204. The van der Waals surface area contributed by atoms with Crippen molar-refractivity contribution in [1.29, 1.82) is 0 Å². The Morgan fingerprint density at radius 3 is 1.36 bits per heavy atom. The lowest BCUT2D eigenvalue weighted by atomic mass is 10.3. The molecule has 0 unspecified atom stereocenters. The molecule has 0 fully saturated rings. The fraction of sp³-hybridized carbons (Fsp3) is 0.143. The van der Waals surface area contributed by atoms with E-state index in [1.54, 1.807) is 0 Å². The summed E-state index contributed by atoms with van der Waals surface area (Å²) in [5.74, 6) is -3.59. The highest BCUT2D eigenvalue weighted by molar-refractivity contribution is 9.10. The largest absolute Gasteiger partial charge is 0.486 e. The summed E-state index contributed by atoms with van der Waals surface area (Å²) in [6.45, 7) is -0.241. The first-order chi connectivity index (χ1) is 10.4. The van der Waals surface area contributed by atoms with Crippen molar-refractivity contribution in [2.24, 2.45) is 0 Å². The first kappa shape index (κ1) is 17.1. The number of ether oxygens (including phenoxy) is 2. The molecular weight excluding hydrogens is 436 g/mol. The molecule has 0 spiro atoms. The molecule has 0 saturated heterocycles. The van der Waals surface area contributed by atoms with Gasteiger partial charge in [0, 0.05) is 12.1 Å². The fourth-order valence-corrected chi connectivity index (χ4v) is 2.67. The van der Waals surface area contributed by atoms with E-state index in [1.807, 2.05) is 0 Å². The zero-order valence-corrected chi connectivity index (χ0v) is 14.0. The molecule has 2 rings (SSSR count). The van der Waals surface area contributed by atoms with Crippen LogP contribution >= 0.6 is 31.9 Å². The third-order valence-corrected chi connectivity index (χ3v) is 3.68. The van der Waals surface area contributed by atoms with Gasteiger partial charge in [0.15, 0.2) is 23.1 Å². The molecule has 0 atom stereocenters. The van der Waals surface area contributed by atoms with Gasteiger partial charge in [0.05, 0.1) is 8.95 Å². The van der Waals surface area contributed by atoms with Gasteiger partial charge < -0.3 is 9.47 Å². The molecule has 0 radical (unpaired) electrons. The summed E-state index contributed by atoms with van der Waals surface area (Å²) in [4.78, 5) is 0. The van der Waals surface area contributed by atoms with Crippen LogP contribution in [-0.4, -0.2) is 13.2 Å². The minimum absolute atomic E-state index is 0.110. The molecular formula is C14H8Br2F4O2. The number of benzene rings is 2. The van der Waals surface area contributed by atoms with Gasteiger partial charge in [-0.05, 0) is 44.0 Å². The zero-order valence-electron chi connectivity index (χ0n) is 10.8. The lowest BCUT2D eigenvalue weighted by Crippen LogP contribution is -2.11. The second kappa shape index (κ2) is 7.32. The molecule has 2 nitrogen and oxygen atoms in total. The molecule has 0 saturated carbocycles. The highest BCUT2D eigenvalue weighted by Gasteiger charge is 2.13. The number of hydrogen-bond acceptors (Lipinski definition) is 2. The van der Waals surface area contributed by atoms with Crippen LogP contribution in [0.1, 0.15) is 0 Å². The van der Waals surface area contributed by atoms with Gasteiger partial charge in [0.2, 0.25) is 0 Å². The predicted molar refractivity (Wildman–Crippen MR) is 79.1 cm³/mol. The van der Waals surface area contributed by atoms with E-state index in [2.05, 4.69) is 31.9 Å². The monoisotopic (exact) mass is 442 g/mol. The van der Waals surface area contributed by atoms with Gasteiger partial charge in [-0.15, -0.1) is 0 Å². The summed E-state index contributed by atoms with van der Waals surface area (Å²) in [6, 6.07) is 3.46. The molecule has 0 amide bonds. The second-order valence-corrected chi connectivity index (χ2v) is 5.80. The normalized spacial score (nSPS) is 10.6. The van der Waals surface area contributed by atoms with Crippen molar-refractivity contribution in [2.75, 3.05) is 13.2 Å². The van der Waals surface area contributed by atoms with Crippen molar-refractivity contribution in [2.45, 2.75) is 0 Å². The van der Waals surface area contributed by atoms with Gasteiger partial charge in [-0.2, -0.15) is 0 Å². The van der Waals surface area contributed by atoms with Crippen LogP contribution in [0.5, 0.6) is 11.5 Å². The summed E-state index contributed by atoms with van der Waals surface area (Å²) >= 11 is 5.94. The van der Waals surface area contributed by atoms with Crippen LogP contribution in [0.4, 0.5) is 17.6 Å². The third-order valence-electron chi connectivity index (χ3n) is 2.50. The van der Waals surface area contributed by atoms with Crippen LogP contribution in [0.15, 0.2) is 33.2 Å². The van der Waals surface area contributed by atoms with E-state index >= 15 is 0 Å². The molecule has 0 aliphatic carbocycles. The summed E-state index contributed by atoms with van der Waals surface area (Å²) in [5, 5.41) is 0. The SMILES string of the molecule is Fc1cc(F)c(OCCOc2c(F)cc(F)cc2Br)c(Br)c1. The second-order valence-electron chi connectivity index (χ2n) is 4.09. The van der Waals surface area contributed by atoms with Gasteiger partial charge in [0.1, 0.15) is 24.8 Å². The minimum atomic E-state index is -0.874. The first-order valence-corrected chi connectivity index (χ1v) is 7.51.